The van der Waals surface area contributed by atoms with Gasteiger partial charge in [0.05, 0.1) is 0 Å². The molecule has 0 saturated carbocycles. The number of hydrogen-bond acceptors (Lipinski definition) is 5. The fourth-order valence-corrected chi connectivity index (χ4v) is 1.79. The van der Waals surface area contributed by atoms with Crippen molar-refractivity contribution in [2.45, 2.75) is 39.9 Å². The van der Waals surface area contributed by atoms with E-state index in [1.807, 2.05) is 45.9 Å². The van der Waals surface area contributed by atoms with Gasteiger partial charge in [-0.25, -0.2) is 0 Å². The predicted octanol–water partition coefficient (Wildman–Crippen LogP) is 1.96. The lowest BCUT2D eigenvalue weighted by atomic mass is 9.78. The summed E-state index contributed by atoms with van der Waals surface area (Å²) < 4.78 is 16.9. The summed E-state index contributed by atoms with van der Waals surface area (Å²) in [5.41, 5.74) is 7.80. The summed E-state index contributed by atoms with van der Waals surface area (Å²) in [6.45, 7) is 7.90. The highest BCUT2D eigenvalue weighted by atomic mass is 16.6. The monoisotopic (exact) mass is 262 g/mol. The first-order valence-corrected chi connectivity index (χ1v) is 6.42. The van der Waals surface area contributed by atoms with E-state index in [0.717, 1.165) is 11.0 Å². The van der Waals surface area contributed by atoms with Crippen molar-refractivity contribution in [3.8, 4) is 0 Å². The molecule has 0 radical (unpaired) electrons. The van der Waals surface area contributed by atoms with Crippen LogP contribution in [0.1, 0.15) is 27.7 Å². The molecule has 0 aliphatic carbocycles. The van der Waals surface area contributed by atoms with Crippen LogP contribution in [0.2, 0.25) is 0 Å². The molecule has 0 saturated heterocycles. The van der Waals surface area contributed by atoms with E-state index in [2.05, 4.69) is 4.98 Å². The maximum atomic E-state index is 5.79. The number of nitrogens with two attached hydrogens (primary N) is 1. The van der Waals surface area contributed by atoms with Gasteiger partial charge in [-0.15, -0.1) is 0 Å². The summed E-state index contributed by atoms with van der Waals surface area (Å²) in [6, 6.07) is 5.79. The van der Waals surface area contributed by atoms with Gasteiger partial charge in [-0.1, -0.05) is 6.07 Å². The summed E-state index contributed by atoms with van der Waals surface area (Å²) in [6.07, 6.45) is 0.137. The molecule has 0 aliphatic heterocycles. The van der Waals surface area contributed by atoms with Crippen LogP contribution >= 0.6 is 0 Å². The summed E-state index contributed by atoms with van der Waals surface area (Å²) in [5, 5.41) is 0. The minimum absolute atomic E-state index is 0.0687. The molecule has 5 nitrogen and oxygen atoms in total. The Morgan fingerprint density at radius 1 is 1.16 bits per heavy atom. The predicted molar refractivity (Wildman–Crippen MR) is 76.3 cm³/mol. The number of anilines is 1. The Kier molecular flexibility index (Phi) is 4.12. The molecule has 2 rings (SSSR count). The average molecular weight is 262 g/mol. The van der Waals surface area contributed by atoms with Crippen molar-refractivity contribution in [1.82, 2.24) is 4.98 Å². The molecule has 0 fully saturated rings. The maximum Gasteiger partial charge on any atom is 0.494 e. The van der Waals surface area contributed by atoms with Crippen molar-refractivity contribution < 1.29 is 13.7 Å². The molecule has 0 spiro atoms. The van der Waals surface area contributed by atoms with E-state index in [1.54, 1.807) is 0 Å². The SMILES string of the molecule is CC(C)OB(OC(C)C)c1ccc2nc(N)oc2c1. The van der Waals surface area contributed by atoms with Gasteiger partial charge >= 0.3 is 7.12 Å². The van der Waals surface area contributed by atoms with Gasteiger partial charge in [0.1, 0.15) is 5.52 Å². The number of nitrogens with zero attached hydrogens (tertiary/aromatic N) is 1. The Labute approximate surface area is 113 Å². The lowest BCUT2D eigenvalue weighted by Crippen LogP contribution is -2.40. The number of benzene rings is 1. The molecule has 1 aromatic heterocycles. The third-order valence-corrected chi connectivity index (χ3v) is 2.49. The molecular weight excluding hydrogens is 243 g/mol. The molecule has 0 aliphatic rings. The molecule has 0 unspecified atom stereocenters. The molecule has 0 bridgehead atoms. The average Bonchev–Trinajstić information content (AvgIpc) is 2.65. The highest BCUT2D eigenvalue weighted by Gasteiger charge is 2.25. The number of aromatic nitrogens is 1. The van der Waals surface area contributed by atoms with E-state index in [1.165, 1.54) is 0 Å². The van der Waals surface area contributed by atoms with Crippen LogP contribution in [0.5, 0.6) is 0 Å². The Hall–Kier alpha value is -1.53. The van der Waals surface area contributed by atoms with Crippen molar-refractivity contribution in [2.75, 3.05) is 5.73 Å². The Morgan fingerprint density at radius 2 is 1.79 bits per heavy atom. The van der Waals surface area contributed by atoms with E-state index in [4.69, 9.17) is 19.5 Å². The molecule has 2 N–H and O–H groups in total. The van der Waals surface area contributed by atoms with Gasteiger partial charge in [0, 0.05) is 12.2 Å². The normalized spacial score (nSPS) is 11.7. The third-order valence-electron chi connectivity index (χ3n) is 2.49. The minimum atomic E-state index is -0.421. The smallest absolute Gasteiger partial charge is 0.424 e. The van der Waals surface area contributed by atoms with Crippen LogP contribution in [0.3, 0.4) is 0 Å². The molecule has 2 aromatic rings. The number of oxazole rings is 1. The van der Waals surface area contributed by atoms with Crippen molar-refractivity contribution in [1.29, 1.82) is 0 Å². The van der Waals surface area contributed by atoms with Gasteiger partial charge in [0.2, 0.25) is 0 Å². The van der Waals surface area contributed by atoms with Gasteiger partial charge in [0.25, 0.3) is 6.01 Å². The molecule has 0 amide bonds. The number of hydrogen-bond donors (Lipinski definition) is 1. The van der Waals surface area contributed by atoms with Crippen LogP contribution in [0, 0.1) is 0 Å². The van der Waals surface area contributed by atoms with Crippen LogP contribution in [0.25, 0.3) is 11.1 Å². The van der Waals surface area contributed by atoms with E-state index >= 15 is 0 Å². The van der Waals surface area contributed by atoms with Gasteiger partial charge in [-0.3, -0.25) is 0 Å². The maximum absolute atomic E-state index is 5.79. The standard InChI is InChI=1S/C13H19BN2O3/c1-8(2)18-14(19-9(3)4)10-5-6-11-12(7-10)17-13(15)16-11/h5-9H,1-4H3,(H2,15,16). The summed E-state index contributed by atoms with van der Waals surface area (Å²) in [4.78, 5) is 4.06. The summed E-state index contributed by atoms with van der Waals surface area (Å²) >= 11 is 0. The first-order chi connectivity index (χ1) is 8.95. The molecule has 0 atom stereocenters. The van der Waals surface area contributed by atoms with Crippen LogP contribution in [-0.2, 0) is 9.31 Å². The van der Waals surface area contributed by atoms with Crippen LogP contribution in [-0.4, -0.2) is 24.3 Å². The molecular formula is C13H19BN2O3. The summed E-state index contributed by atoms with van der Waals surface area (Å²) in [7, 11) is -0.421. The fourth-order valence-electron chi connectivity index (χ4n) is 1.79. The lowest BCUT2D eigenvalue weighted by Gasteiger charge is -2.19. The van der Waals surface area contributed by atoms with Crippen LogP contribution in [0.4, 0.5) is 6.01 Å². The number of nitrogen functional groups attached to an aromatic ring is 1. The highest BCUT2D eigenvalue weighted by molar-refractivity contribution is 6.61. The van der Waals surface area contributed by atoms with E-state index in [-0.39, 0.29) is 18.2 Å². The first-order valence-electron chi connectivity index (χ1n) is 6.42. The first kappa shape index (κ1) is 13.9. The van der Waals surface area contributed by atoms with Gasteiger partial charge < -0.3 is 19.5 Å². The van der Waals surface area contributed by atoms with Gasteiger partial charge in [0.15, 0.2) is 5.58 Å². The fraction of sp³-hybridized carbons (Fsp3) is 0.462. The van der Waals surface area contributed by atoms with Crippen molar-refractivity contribution in [2.24, 2.45) is 0 Å². The Morgan fingerprint density at radius 3 is 2.37 bits per heavy atom. The third kappa shape index (κ3) is 3.48. The quantitative estimate of drug-likeness (QED) is 0.834. The minimum Gasteiger partial charge on any atom is -0.424 e. The second-order valence-corrected chi connectivity index (χ2v) is 4.98. The van der Waals surface area contributed by atoms with E-state index in [0.29, 0.717) is 5.58 Å². The van der Waals surface area contributed by atoms with Crippen molar-refractivity contribution >= 4 is 29.7 Å². The zero-order valence-electron chi connectivity index (χ0n) is 11.7. The zero-order chi connectivity index (χ0) is 14.0. The molecule has 19 heavy (non-hydrogen) atoms. The number of fused-ring (bicyclic) bond motifs is 1. The summed E-state index contributed by atoms with van der Waals surface area (Å²) in [5.74, 6) is 0. The van der Waals surface area contributed by atoms with E-state index in [9.17, 15) is 0 Å². The second kappa shape index (κ2) is 5.63. The van der Waals surface area contributed by atoms with Crippen molar-refractivity contribution in [3.63, 3.8) is 0 Å². The lowest BCUT2D eigenvalue weighted by molar-refractivity contribution is 0.139. The van der Waals surface area contributed by atoms with Gasteiger partial charge in [-0.05, 0) is 45.3 Å². The Bertz CT molecular complexity index is 544. The van der Waals surface area contributed by atoms with E-state index < -0.39 is 7.12 Å². The molecule has 6 heteroatoms. The molecule has 102 valence electrons. The van der Waals surface area contributed by atoms with Crippen LogP contribution in [0.15, 0.2) is 22.6 Å². The highest BCUT2D eigenvalue weighted by Crippen LogP contribution is 2.15. The topological polar surface area (TPSA) is 70.5 Å². The second-order valence-electron chi connectivity index (χ2n) is 4.98. The Balaban J connectivity index is 2.31. The molecule has 1 heterocycles. The zero-order valence-corrected chi connectivity index (χ0v) is 11.7. The number of rotatable bonds is 5. The van der Waals surface area contributed by atoms with Gasteiger partial charge in [-0.2, -0.15) is 4.98 Å². The van der Waals surface area contributed by atoms with Crippen molar-refractivity contribution in [3.05, 3.63) is 18.2 Å². The van der Waals surface area contributed by atoms with Crippen LogP contribution < -0.4 is 11.2 Å². The largest absolute Gasteiger partial charge is 0.494 e. The molecule has 1 aromatic carbocycles.